The molecule has 0 saturated carbocycles. The van der Waals surface area contributed by atoms with Crippen LogP contribution in [0.5, 0.6) is 0 Å². The molecule has 1 aliphatic rings. The quantitative estimate of drug-likeness (QED) is 0.709. The Labute approximate surface area is 89.0 Å². The van der Waals surface area contributed by atoms with Crippen molar-refractivity contribution in [1.82, 2.24) is 0 Å². The molecule has 15 heavy (non-hydrogen) atoms. The summed E-state index contributed by atoms with van der Waals surface area (Å²) >= 11 is 0. The zero-order valence-corrected chi connectivity index (χ0v) is 9.00. The molecule has 1 aliphatic heterocycles. The van der Waals surface area contributed by atoms with E-state index in [9.17, 15) is 4.39 Å². The zero-order chi connectivity index (χ0) is 10.8. The van der Waals surface area contributed by atoms with E-state index >= 15 is 0 Å². The fraction of sp³-hybridized carbons (Fsp3) is 0.500. The van der Waals surface area contributed by atoms with Gasteiger partial charge in [-0.25, -0.2) is 4.39 Å². The van der Waals surface area contributed by atoms with Crippen LogP contribution in [0.4, 0.5) is 4.39 Å². The molecule has 1 heterocycles. The predicted molar refractivity (Wildman–Crippen MR) is 55.2 cm³/mol. The van der Waals surface area contributed by atoms with E-state index in [0.717, 1.165) is 5.56 Å². The monoisotopic (exact) mass is 210 g/mol. The maximum Gasteiger partial charge on any atom is 0.154 e. The molecular weight excluding hydrogens is 195 g/mol. The summed E-state index contributed by atoms with van der Waals surface area (Å²) in [5, 5.41) is 0. The fourth-order valence-electron chi connectivity index (χ4n) is 1.66. The van der Waals surface area contributed by atoms with Crippen LogP contribution in [0.3, 0.4) is 0 Å². The molecule has 2 rings (SSSR count). The van der Waals surface area contributed by atoms with Gasteiger partial charge in [0.15, 0.2) is 6.29 Å². The highest BCUT2D eigenvalue weighted by molar-refractivity contribution is 5.26. The molecule has 0 spiro atoms. The van der Waals surface area contributed by atoms with Crippen LogP contribution in [0.25, 0.3) is 0 Å². The van der Waals surface area contributed by atoms with Gasteiger partial charge in [0.05, 0.1) is 13.2 Å². The largest absolute Gasteiger partial charge is 0.352 e. The molecule has 0 amide bonds. The van der Waals surface area contributed by atoms with E-state index in [-0.39, 0.29) is 18.0 Å². The van der Waals surface area contributed by atoms with E-state index in [1.54, 1.807) is 19.1 Å². The van der Waals surface area contributed by atoms with Gasteiger partial charge >= 0.3 is 0 Å². The zero-order valence-electron chi connectivity index (χ0n) is 9.00. The summed E-state index contributed by atoms with van der Waals surface area (Å²) < 4.78 is 24.1. The molecule has 3 heteroatoms. The Morgan fingerprint density at radius 3 is 2.53 bits per heavy atom. The van der Waals surface area contributed by atoms with Crippen molar-refractivity contribution in [1.29, 1.82) is 0 Å². The molecule has 1 aromatic rings. The highest BCUT2D eigenvalue weighted by atomic mass is 19.1. The Morgan fingerprint density at radius 2 is 1.93 bits per heavy atom. The number of halogens is 1. The Morgan fingerprint density at radius 1 is 1.27 bits per heavy atom. The average Bonchev–Trinajstić information content (AvgIpc) is 2.23. The maximum absolute atomic E-state index is 13.3. The summed E-state index contributed by atoms with van der Waals surface area (Å²) in [6.07, 6.45) is -0.142. The molecule has 1 saturated heterocycles. The SMILES string of the molecule is Cc1ccc(C2COC(C)OC2)cc1F. The standard InChI is InChI=1S/C12H15FO2/c1-8-3-4-10(5-12(8)13)11-6-14-9(2)15-7-11/h3-5,9,11H,6-7H2,1-2H3. The summed E-state index contributed by atoms with van der Waals surface area (Å²) in [6.45, 7) is 4.83. The number of benzene rings is 1. The van der Waals surface area contributed by atoms with Gasteiger partial charge in [0.1, 0.15) is 5.82 Å². The van der Waals surface area contributed by atoms with Gasteiger partial charge in [-0.3, -0.25) is 0 Å². The van der Waals surface area contributed by atoms with Gasteiger partial charge in [0, 0.05) is 5.92 Å². The van der Waals surface area contributed by atoms with Gasteiger partial charge in [0.25, 0.3) is 0 Å². The lowest BCUT2D eigenvalue weighted by Gasteiger charge is -2.27. The van der Waals surface area contributed by atoms with Crippen LogP contribution in [0.2, 0.25) is 0 Å². The third-order valence-corrected chi connectivity index (χ3v) is 2.73. The van der Waals surface area contributed by atoms with Crippen molar-refractivity contribution in [3.63, 3.8) is 0 Å². The lowest BCUT2D eigenvalue weighted by Crippen LogP contribution is -2.28. The Bertz CT molecular complexity index is 343. The van der Waals surface area contributed by atoms with Crippen molar-refractivity contribution in [2.24, 2.45) is 0 Å². The predicted octanol–water partition coefficient (Wildman–Crippen LogP) is 2.61. The van der Waals surface area contributed by atoms with E-state index < -0.39 is 0 Å². The van der Waals surface area contributed by atoms with E-state index in [0.29, 0.717) is 18.8 Å². The van der Waals surface area contributed by atoms with Crippen LogP contribution in [0.15, 0.2) is 18.2 Å². The van der Waals surface area contributed by atoms with Gasteiger partial charge in [-0.1, -0.05) is 12.1 Å². The van der Waals surface area contributed by atoms with Crippen molar-refractivity contribution in [2.45, 2.75) is 26.1 Å². The number of aryl methyl sites for hydroxylation is 1. The first-order valence-corrected chi connectivity index (χ1v) is 5.16. The van der Waals surface area contributed by atoms with Gasteiger partial charge in [-0.2, -0.15) is 0 Å². The van der Waals surface area contributed by atoms with Crippen molar-refractivity contribution in [3.05, 3.63) is 35.1 Å². The Kier molecular flexibility index (Phi) is 3.03. The second-order valence-electron chi connectivity index (χ2n) is 3.94. The molecule has 1 aromatic carbocycles. The third kappa shape index (κ3) is 2.36. The second kappa shape index (κ2) is 4.29. The van der Waals surface area contributed by atoms with E-state index in [2.05, 4.69) is 0 Å². The van der Waals surface area contributed by atoms with Crippen molar-refractivity contribution in [3.8, 4) is 0 Å². The summed E-state index contributed by atoms with van der Waals surface area (Å²) in [6, 6.07) is 5.30. The molecule has 0 aromatic heterocycles. The van der Waals surface area contributed by atoms with E-state index in [1.807, 2.05) is 13.0 Å². The minimum absolute atomic E-state index is 0.142. The molecule has 82 valence electrons. The van der Waals surface area contributed by atoms with Crippen LogP contribution in [0, 0.1) is 12.7 Å². The molecule has 0 atom stereocenters. The van der Waals surface area contributed by atoms with E-state index in [4.69, 9.17) is 9.47 Å². The molecule has 1 fully saturated rings. The smallest absolute Gasteiger partial charge is 0.154 e. The van der Waals surface area contributed by atoms with Crippen LogP contribution >= 0.6 is 0 Å². The summed E-state index contributed by atoms with van der Waals surface area (Å²) in [7, 11) is 0. The van der Waals surface area contributed by atoms with Crippen LogP contribution in [0.1, 0.15) is 24.0 Å². The van der Waals surface area contributed by atoms with Crippen LogP contribution < -0.4 is 0 Å². The van der Waals surface area contributed by atoms with Crippen LogP contribution in [-0.2, 0) is 9.47 Å². The Hall–Kier alpha value is -0.930. The average molecular weight is 210 g/mol. The summed E-state index contributed by atoms with van der Waals surface area (Å²) in [4.78, 5) is 0. The molecule has 0 unspecified atom stereocenters. The minimum atomic E-state index is -0.161. The topological polar surface area (TPSA) is 18.5 Å². The molecule has 0 bridgehead atoms. The third-order valence-electron chi connectivity index (χ3n) is 2.73. The lowest BCUT2D eigenvalue weighted by atomic mass is 9.99. The summed E-state index contributed by atoms with van der Waals surface area (Å²) in [5.41, 5.74) is 1.62. The number of rotatable bonds is 1. The molecule has 0 aliphatic carbocycles. The summed E-state index contributed by atoms with van der Waals surface area (Å²) in [5.74, 6) is -0.0116. The fourth-order valence-corrected chi connectivity index (χ4v) is 1.66. The van der Waals surface area contributed by atoms with E-state index in [1.165, 1.54) is 0 Å². The second-order valence-corrected chi connectivity index (χ2v) is 3.94. The number of hydrogen-bond donors (Lipinski definition) is 0. The first-order valence-electron chi connectivity index (χ1n) is 5.16. The van der Waals surface area contributed by atoms with Crippen molar-refractivity contribution >= 4 is 0 Å². The number of ether oxygens (including phenoxy) is 2. The maximum atomic E-state index is 13.3. The highest BCUT2D eigenvalue weighted by Gasteiger charge is 2.21. The van der Waals surface area contributed by atoms with Gasteiger partial charge in [-0.15, -0.1) is 0 Å². The Balaban J connectivity index is 2.12. The molecule has 0 radical (unpaired) electrons. The first kappa shape index (κ1) is 10.6. The molecule has 0 N–H and O–H groups in total. The lowest BCUT2D eigenvalue weighted by molar-refractivity contribution is -0.176. The van der Waals surface area contributed by atoms with Gasteiger partial charge in [-0.05, 0) is 31.0 Å². The molecular formula is C12H15FO2. The normalized spacial score (nSPS) is 26.6. The minimum Gasteiger partial charge on any atom is -0.352 e. The van der Waals surface area contributed by atoms with Crippen molar-refractivity contribution in [2.75, 3.05) is 13.2 Å². The number of hydrogen-bond acceptors (Lipinski definition) is 2. The van der Waals surface area contributed by atoms with Crippen LogP contribution in [-0.4, -0.2) is 19.5 Å². The van der Waals surface area contributed by atoms with Crippen molar-refractivity contribution < 1.29 is 13.9 Å². The van der Waals surface area contributed by atoms with Gasteiger partial charge in [0.2, 0.25) is 0 Å². The van der Waals surface area contributed by atoms with Gasteiger partial charge < -0.3 is 9.47 Å². The first-order chi connectivity index (χ1) is 7.16. The highest BCUT2D eigenvalue weighted by Crippen LogP contribution is 2.23. The molecule has 2 nitrogen and oxygen atoms in total.